The molecular weight excluding hydrogens is 437 g/mol. The summed E-state index contributed by atoms with van der Waals surface area (Å²) in [6.45, 7) is 4.56. The summed E-state index contributed by atoms with van der Waals surface area (Å²) in [5.41, 5.74) is 0. The number of hydrogen-bond acceptors (Lipinski definition) is 4. The molecule has 0 bridgehead atoms. The van der Waals surface area contributed by atoms with Gasteiger partial charge in [-0.3, -0.25) is 9.79 Å². The SMILES string of the molecule is CCNC(=NCC1CCCS1)NCCCC(=O)OC1CCCC1.I. The molecule has 2 rings (SSSR count). The van der Waals surface area contributed by atoms with Crippen LogP contribution in [0.5, 0.6) is 0 Å². The number of halogens is 1. The normalized spacial score (nSPS) is 21.4. The van der Waals surface area contributed by atoms with Crippen LogP contribution in [0.25, 0.3) is 0 Å². The highest BCUT2D eigenvalue weighted by molar-refractivity contribution is 14.0. The van der Waals surface area contributed by atoms with Crippen LogP contribution in [0.1, 0.15) is 58.3 Å². The second kappa shape index (κ2) is 13.1. The van der Waals surface area contributed by atoms with E-state index in [0.717, 1.165) is 44.9 Å². The van der Waals surface area contributed by atoms with E-state index in [0.29, 0.717) is 11.7 Å². The van der Waals surface area contributed by atoms with Crippen molar-refractivity contribution >= 4 is 47.7 Å². The molecule has 2 fully saturated rings. The van der Waals surface area contributed by atoms with Crippen LogP contribution in [0.2, 0.25) is 0 Å². The summed E-state index contributed by atoms with van der Waals surface area (Å²) in [7, 11) is 0. The van der Waals surface area contributed by atoms with Crippen molar-refractivity contribution < 1.29 is 9.53 Å². The lowest BCUT2D eigenvalue weighted by Gasteiger charge is -2.13. The first-order valence-electron chi connectivity index (χ1n) is 9.11. The fourth-order valence-corrected chi connectivity index (χ4v) is 4.19. The van der Waals surface area contributed by atoms with E-state index in [1.165, 1.54) is 31.4 Å². The maximum Gasteiger partial charge on any atom is 0.306 e. The minimum Gasteiger partial charge on any atom is -0.462 e. The number of rotatable bonds is 8. The molecule has 0 radical (unpaired) electrons. The first-order valence-corrected chi connectivity index (χ1v) is 10.2. The fourth-order valence-electron chi connectivity index (χ4n) is 3.01. The Morgan fingerprint density at radius 1 is 1.21 bits per heavy atom. The van der Waals surface area contributed by atoms with Gasteiger partial charge in [0.05, 0.1) is 6.54 Å². The van der Waals surface area contributed by atoms with E-state index >= 15 is 0 Å². The van der Waals surface area contributed by atoms with E-state index in [1.807, 2.05) is 11.8 Å². The topological polar surface area (TPSA) is 62.7 Å². The Balaban J connectivity index is 0.00000288. The fraction of sp³-hybridized carbons (Fsp3) is 0.882. The molecule has 1 aliphatic carbocycles. The highest BCUT2D eigenvalue weighted by Crippen LogP contribution is 2.26. The van der Waals surface area contributed by atoms with Crippen molar-refractivity contribution in [1.82, 2.24) is 10.6 Å². The Hall–Kier alpha value is -0.180. The van der Waals surface area contributed by atoms with E-state index in [4.69, 9.17) is 4.74 Å². The lowest BCUT2D eigenvalue weighted by atomic mass is 10.2. The van der Waals surface area contributed by atoms with Gasteiger partial charge in [-0.05, 0) is 57.6 Å². The van der Waals surface area contributed by atoms with Crippen molar-refractivity contribution in [2.75, 3.05) is 25.4 Å². The summed E-state index contributed by atoms with van der Waals surface area (Å²) in [4.78, 5) is 16.4. The minimum absolute atomic E-state index is 0. The van der Waals surface area contributed by atoms with E-state index < -0.39 is 0 Å². The maximum absolute atomic E-state index is 11.8. The summed E-state index contributed by atoms with van der Waals surface area (Å²) < 4.78 is 5.47. The lowest BCUT2D eigenvalue weighted by molar-refractivity contribution is -0.148. The predicted molar refractivity (Wildman–Crippen MR) is 112 cm³/mol. The molecule has 1 saturated carbocycles. The Morgan fingerprint density at radius 3 is 2.67 bits per heavy atom. The number of nitrogens with zero attached hydrogens (tertiary/aromatic N) is 1. The molecular formula is C17H32IN3O2S. The number of ether oxygens (including phenoxy) is 1. The molecule has 0 aromatic rings. The number of thioether (sulfide) groups is 1. The number of hydrogen-bond donors (Lipinski definition) is 2. The van der Waals surface area contributed by atoms with Crippen LogP contribution in [0.4, 0.5) is 0 Å². The van der Waals surface area contributed by atoms with Gasteiger partial charge in [0.2, 0.25) is 0 Å². The Morgan fingerprint density at radius 2 is 2.00 bits per heavy atom. The first-order chi connectivity index (χ1) is 11.3. The molecule has 1 aliphatic heterocycles. The molecule has 1 atom stereocenters. The van der Waals surface area contributed by atoms with Gasteiger partial charge in [0.1, 0.15) is 6.10 Å². The zero-order chi connectivity index (χ0) is 16.3. The Kier molecular flexibility index (Phi) is 11.9. The predicted octanol–water partition coefficient (Wildman–Crippen LogP) is 3.32. The largest absolute Gasteiger partial charge is 0.462 e. The number of guanidine groups is 1. The highest BCUT2D eigenvalue weighted by atomic mass is 127. The summed E-state index contributed by atoms with van der Waals surface area (Å²) in [5, 5.41) is 7.26. The molecule has 140 valence electrons. The monoisotopic (exact) mass is 469 g/mol. The van der Waals surface area contributed by atoms with E-state index in [-0.39, 0.29) is 36.0 Å². The average molecular weight is 469 g/mol. The average Bonchev–Trinajstić information content (AvgIpc) is 3.22. The van der Waals surface area contributed by atoms with Gasteiger partial charge in [-0.15, -0.1) is 24.0 Å². The van der Waals surface area contributed by atoms with Crippen LogP contribution < -0.4 is 10.6 Å². The molecule has 0 spiro atoms. The van der Waals surface area contributed by atoms with Crippen molar-refractivity contribution in [2.24, 2.45) is 4.99 Å². The van der Waals surface area contributed by atoms with Crippen molar-refractivity contribution in [3.05, 3.63) is 0 Å². The third kappa shape index (κ3) is 8.78. The minimum atomic E-state index is -0.0528. The van der Waals surface area contributed by atoms with Crippen LogP contribution in [0.3, 0.4) is 0 Å². The highest BCUT2D eigenvalue weighted by Gasteiger charge is 2.18. The molecule has 2 aliphatic rings. The molecule has 7 heteroatoms. The van der Waals surface area contributed by atoms with Crippen LogP contribution in [0.15, 0.2) is 4.99 Å². The molecule has 0 amide bonds. The quantitative estimate of drug-likeness (QED) is 0.188. The Labute approximate surface area is 167 Å². The van der Waals surface area contributed by atoms with Crippen LogP contribution >= 0.6 is 35.7 Å². The number of esters is 1. The van der Waals surface area contributed by atoms with Crippen molar-refractivity contribution in [3.8, 4) is 0 Å². The molecule has 0 aromatic heterocycles. The standard InChI is InChI=1S/C17H31N3O2S.HI/c1-2-18-17(20-13-15-9-6-12-23-15)19-11-5-10-16(21)22-14-7-3-4-8-14;/h14-15H,2-13H2,1H3,(H2,18,19,20);1H. The molecule has 24 heavy (non-hydrogen) atoms. The van der Waals surface area contributed by atoms with E-state index in [2.05, 4.69) is 22.5 Å². The van der Waals surface area contributed by atoms with Gasteiger partial charge in [0.15, 0.2) is 5.96 Å². The number of nitrogens with one attached hydrogen (secondary N) is 2. The van der Waals surface area contributed by atoms with Crippen LogP contribution in [-0.2, 0) is 9.53 Å². The molecule has 5 nitrogen and oxygen atoms in total. The zero-order valence-electron chi connectivity index (χ0n) is 14.7. The van der Waals surface area contributed by atoms with Crippen molar-refractivity contribution in [3.63, 3.8) is 0 Å². The lowest BCUT2D eigenvalue weighted by Crippen LogP contribution is -2.38. The van der Waals surface area contributed by atoms with Gasteiger partial charge in [-0.2, -0.15) is 11.8 Å². The van der Waals surface area contributed by atoms with Crippen molar-refractivity contribution in [1.29, 1.82) is 0 Å². The zero-order valence-corrected chi connectivity index (χ0v) is 17.9. The van der Waals surface area contributed by atoms with Gasteiger partial charge >= 0.3 is 5.97 Å². The maximum atomic E-state index is 11.8. The van der Waals surface area contributed by atoms with Gasteiger partial charge in [0.25, 0.3) is 0 Å². The third-order valence-corrected chi connectivity index (χ3v) is 5.65. The molecule has 0 aromatic carbocycles. The third-order valence-electron chi connectivity index (χ3n) is 4.27. The van der Waals surface area contributed by atoms with Gasteiger partial charge in [-0.1, -0.05) is 0 Å². The van der Waals surface area contributed by atoms with Crippen molar-refractivity contribution in [2.45, 2.75) is 69.6 Å². The summed E-state index contributed by atoms with van der Waals surface area (Å²) in [5.74, 6) is 2.08. The second-order valence-electron chi connectivity index (χ2n) is 6.28. The summed E-state index contributed by atoms with van der Waals surface area (Å²) in [6, 6.07) is 0. The van der Waals surface area contributed by atoms with Crippen LogP contribution in [-0.4, -0.2) is 48.7 Å². The van der Waals surface area contributed by atoms with E-state index in [1.54, 1.807) is 0 Å². The van der Waals surface area contributed by atoms with Gasteiger partial charge in [-0.25, -0.2) is 0 Å². The molecule has 1 heterocycles. The summed E-state index contributed by atoms with van der Waals surface area (Å²) in [6.07, 6.45) is 8.52. The molecule has 1 unspecified atom stereocenters. The smallest absolute Gasteiger partial charge is 0.306 e. The second-order valence-corrected chi connectivity index (χ2v) is 7.69. The van der Waals surface area contributed by atoms with Gasteiger partial charge < -0.3 is 15.4 Å². The summed E-state index contributed by atoms with van der Waals surface area (Å²) >= 11 is 2.03. The number of aliphatic imine (C=N–C) groups is 1. The number of carbonyl (C=O) groups excluding carboxylic acids is 1. The number of carbonyl (C=O) groups is 1. The first kappa shape index (κ1) is 21.9. The van der Waals surface area contributed by atoms with Crippen LogP contribution in [0, 0.1) is 0 Å². The molecule has 2 N–H and O–H groups in total. The van der Waals surface area contributed by atoms with E-state index in [9.17, 15) is 4.79 Å². The molecule has 1 saturated heterocycles. The Bertz CT molecular complexity index is 384. The van der Waals surface area contributed by atoms with Gasteiger partial charge in [0, 0.05) is 24.8 Å².